The van der Waals surface area contributed by atoms with E-state index < -0.39 is 0 Å². The number of benzene rings is 2. The second-order valence-electron chi connectivity index (χ2n) is 5.44. The largest absolute Gasteiger partial charge is 0.0701 e. The lowest BCUT2D eigenvalue weighted by molar-refractivity contribution is 0.750. The number of rotatable bonds is 3. The molecule has 0 bridgehead atoms. The fourth-order valence-electron chi connectivity index (χ4n) is 2.26. The number of allylic oxidation sites excluding steroid dienone is 1. The molecule has 0 heteroatoms. The molecule has 1 fully saturated rings. The van der Waals surface area contributed by atoms with E-state index in [2.05, 4.69) is 73.7 Å². The molecule has 0 nitrogen and oxygen atoms in total. The third-order valence-corrected chi connectivity index (χ3v) is 3.70. The minimum atomic E-state index is 0.418. The zero-order valence-electron chi connectivity index (χ0n) is 10.8. The average Bonchev–Trinajstić information content (AvgIpc) is 3.16. The molecular weight excluding hydrogens is 216 g/mol. The van der Waals surface area contributed by atoms with Crippen LogP contribution in [0.15, 0.2) is 66.7 Å². The van der Waals surface area contributed by atoms with E-state index in [-0.39, 0.29) is 0 Å². The van der Waals surface area contributed by atoms with Crippen LogP contribution >= 0.6 is 0 Å². The Morgan fingerprint density at radius 2 is 1.28 bits per heavy atom. The van der Waals surface area contributed by atoms with E-state index in [0.29, 0.717) is 5.41 Å². The van der Waals surface area contributed by atoms with Crippen molar-refractivity contribution in [1.29, 1.82) is 0 Å². The minimum Gasteiger partial charge on any atom is -0.0701 e. The van der Waals surface area contributed by atoms with Crippen molar-refractivity contribution in [2.45, 2.75) is 19.8 Å². The molecule has 0 aromatic heterocycles. The van der Waals surface area contributed by atoms with E-state index in [0.717, 1.165) is 0 Å². The number of hydrogen-bond donors (Lipinski definition) is 0. The average molecular weight is 234 g/mol. The van der Waals surface area contributed by atoms with Crippen LogP contribution < -0.4 is 0 Å². The lowest BCUT2D eigenvalue weighted by Gasteiger charge is -2.11. The summed E-state index contributed by atoms with van der Waals surface area (Å²) in [5.74, 6) is 0. The van der Waals surface area contributed by atoms with Gasteiger partial charge in [-0.15, -0.1) is 0 Å². The topological polar surface area (TPSA) is 0 Å². The fourth-order valence-corrected chi connectivity index (χ4v) is 2.26. The van der Waals surface area contributed by atoms with Crippen LogP contribution in [0.4, 0.5) is 0 Å². The molecule has 0 atom stereocenters. The zero-order valence-corrected chi connectivity index (χ0v) is 10.8. The van der Waals surface area contributed by atoms with Crippen molar-refractivity contribution in [3.05, 3.63) is 77.9 Å². The van der Waals surface area contributed by atoms with Gasteiger partial charge >= 0.3 is 0 Å². The predicted molar refractivity (Wildman–Crippen MR) is 77.3 cm³/mol. The standard InChI is InChI=1S/C18H18/c1-18(12-13-18)14-17(15-8-4-2-5-9-15)16-10-6-3-7-11-16/h2-11,14H,12-13H2,1H3. The molecule has 0 heterocycles. The van der Waals surface area contributed by atoms with Gasteiger partial charge in [0.2, 0.25) is 0 Å². The summed E-state index contributed by atoms with van der Waals surface area (Å²) in [7, 11) is 0. The van der Waals surface area contributed by atoms with Crippen LogP contribution in [0.25, 0.3) is 5.57 Å². The Bertz CT molecular complexity index is 504. The lowest BCUT2D eigenvalue weighted by atomic mass is 9.93. The van der Waals surface area contributed by atoms with E-state index in [9.17, 15) is 0 Å². The molecule has 3 rings (SSSR count). The summed E-state index contributed by atoms with van der Waals surface area (Å²) < 4.78 is 0. The van der Waals surface area contributed by atoms with Crippen LogP contribution in [0.2, 0.25) is 0 Å². The molecule has 2 aromatic rings. The van der Waals surface area contributed by atoms with Crippen LogP contribution in [-0.2, 0) is 0 Å². The molecule has 0 spiro atoms. The van der Waals surface area contributed by atoms with Gasteiger partial charge in [0.25, 0.3) is 0 Å². The second kappa shape index (κ2) is 4.45. The molecule has 1 aliphatic carbocycles. The molecule has 0 radical (unpaired) electrons. The summed E-state index contributed by atoms with van der Waals surface area (Å²) in [6.07, 6.45) is 5.09. The molecule has 0 unspecified atom stereocenters. The first-order valence-electron chi connectivity index (χ1n) is 6.61. The van der Waals surface area contributed by atoms with Gasteiger partial charge in [-0.25, -0.2) is 0 Å². The Labute approximate surface area is 109 Å². The molecule has 2 aromatic carbocycles. The summed E-state index contributed by atoms with van der Waals surface area (Å²) >= 11 is 0. The first kappa shape index (κ1) is 11.3. The van der Waals surface area contributed by atoms with Crippen molar-refractivity contribution >= 4 is 5.57 Å². The maximum atomic E-state index is 2.46. The van der Waals surface area contributed by atoms with Crippen LogP contribution in [0.3, 0.4) is 0 Å². The highest BCUT2D eigenvalue weighted by molar-refractivity contribution is 5.80. The summed E-state index contributed by atoms with van der Waals surface area (Å²) in [6.45, 7) is 2.35. The van der Waals surface area contributed by atoms with Gasteiger partial charge < -0.3 is 0 Å². The molecule has 1 saturated carbocycles. The van der Waals surface area contributed by atoms with Crippen LogP contribution in [0, 0.1) is 5.41 Å². The summed E-state index contributed by atoms with van der Waals surface area (Å²) in [6, 6.07) is 21.4. The highest BCUT2D eigenvalue weighted by atomic mass is 14.4. The zero-order chi connectivity index (χ0) is 12.4. The van der Waals surface area contributed by atoms with Crippen LogP contribution in [-0.4, -0.2) is 0 Å². The van der Waals surface area contributed by atoms with Crippen molar-refractivity contribution < 1.29 is 0 Å². The number of hydrogen-bond acceptors (Lipinski definition) is 0. The highest BCUT2D eigenvalue weighted by Gasteiger charge is 2.35. The van der Waals surface area contributed by atoms with E-state index in [4.69, 9.17) is 0 Å². The van der Waals surface area contributed by atoms with Gasteiger partial charge in [0.05, 0.1) is 0 Å². The normalized spacial score (nSPS) is 16.1. The molecular formula is C18H18. The van der Waals surface area contributed by atoms with E-state index in [1.807, 2.05) is 0 Å². The maximum absolute atomic E-state index is 2.46. The summed E-state index contributed by atoms with van der Waals surface area (Å²) in [4.78, 5) is 0. The molecule has 0 aliphatic heterocycles. The quantitative estimate of drug-likeness (QED) is 0.707. The monoisotopic (exact) mass is 234 g/mol. The Morgan fingerprint density at radius 1 is 0.833 bits per heavy atom. The van der Waals surface area contributed by atoms with Gasteiger partial charge in [0, 0.05) is 0 Å². The Balaban J connectivity index is 2.08. The van der Waals surface area contributed by atoms with Crippen molar-refractivity contribution in [3.8, 4) is 0 Å². The van der Waals surface area contributed by atoms with Gasteiger partial charge in [0.15, 0.2) is 0 Å². The third-order valence-electron chi connectivity index (χ3n) is 3.70. The third kappa shape index (κ3) is 2.38. The molecule has 1 aliphatic rings. The molecule has 18 heavy (non-hydrogen) atoms. The maximum Gasteiger partial charge on any atom is -0.0136 e. The smallest absolute Gasteiger partial charge is 0.0136 e. The second-order valence-corrected chi connectivity index (χ2v) is 5.44. The minimum absolute atomic E-state index is 0.418. The van der Waals surface area contributed by atoms with E-state index >= 15 is 0 Å². The molecule has 0 saturated heterocycles. The molecule has 0 N–H and O–H groups in total. The first-order valence-corrected chi connectivity index (χ1v) is 6.61. The first-order chi connectivity index (χ1) is 8.77. The van der Waals surface area contributed by atoms with Crippen molar-refractivity contribution in [2.75, 3.05) is 0 Å². The lowest BCUT2D eigenvalue weighted by Crippen LogP contribution is -1.93. The SMILES string of the molecule is CC1(C=C(c2ccccc2)c2ccccc2)CC1. The van der Waals surface area contributed by atoms with Crippen LogP contribution in [0.1, 0.15) is 30.9 Å². The Kier molecular flexibility index (Phi) is 2.79. The van der Waals surface area contributed by atoms with E-state index in [1.54, 1.807) is 0 Å². The highest BCUT2D eigenvalue weighted by Crippen LogP contribution is 2.48. The van der Waals surface area contributed by atoms with Crippen molar-refractivity contribution in [2.24, 2.45) is 5.41 Å². The molecule has 0 amide bonds. The van der Waals surface area contributed by atoms with Gasteiger partial charge in [-0.1, -0.05) is 73.7 Å². The Morgan fingerprint density at radius 3 is 1.67 bits per heavy atom. The van der Waals surface area contributed by atoms with Crippen LogP contribution in [0.5, 0.6) is 0 Å². The van der Waals surface area contributed by atoms with Gasteiger partial charge in [-0.05, 0) is 35.0 Å². The van der Waals surface area contributed by atoms with Crippen molar-refractivity contribution in [1.82, 2.24) is 0 Å². The van der Waals surface area contributed by atoms with Gasteiger partial charge in [0.1, 0.15) is 0 Å². The van der Waals surface area contributed by atoms with Crippen molar-refractivity contribution in [3.63, 3.8) is 0 Å². The molecule has 90 valence electrons. The predicted octanol–water partition coefficient (Wildman–Crippen LogP) is 4.92. The summed E-state index contributed by atoms with van der Waals surface area (Å²) in [5.41, 5.74) is 4.42. The van der Waals surface area contributed by atoms with Gasteiger partial charge in [-0.2, -0.15) is 0 Å². The van der Waals surface area contributed by atoms with Gasteiger partial charge in [-0.3, -0.25) is 0 Å². The Hall–Kier alpha value is -1.82. The summed E-state index contributed by atoms with van der Waals surface area (Å²) in [5, 5.41) is 0. The fraction of sp³-hybridized carbons (Fsp3) is 0.222. The van der Waals surface area contributed by atoms with E-state index in [1.165, 1.54) is 29.5 Å².